The van der Waals surface area contributed by atoms with Gasteiger partial charge in [0.15, 0.2) is 0 Å². The van der Waals surface area contributed by atoms with Crippen molar-refractivity contribution in [1.29, 1.82) is 0 Å². The second kappa shape index (κ2) is 4.79. The minimum atomic E-state index is 0.822. The van der Waals surface area contributed by atoms with E-state index in [4.69, 9.17) is 0 Å². The Bertz CT molecular complexity index is 253. The number of halogens is 2. The van der Waals surface area contributed by atoms with Crippen LogP contribution in [0.15, 0.2) is 20.1 Å². The molecule has 1 fully saturated rings. The van der Waals surface area contributed by atoms with Crippen molar-refractivity contribution in [3.8, 4) is 0 Å². The van der Waals surface area contributed by atoms with E-state index >= 15 is 0 Å². The molecule has 1 atom stereocenters. The lowest BCUT2D eigenvalue weighted by Gasteiger charge is -2.25. The SMILES string of the molecule is CC(C)=C1CCC(C)CC1=C(Br)Br. The van der Waals surface area contributed by atoms with Crippen LogP contribution in [0.25, 0.3) is 0 Å². The molecule has 2 heteroatoms. The van der Waals surface area contributed by atoms with Crippen molar-refractivity contribution < 1.29 is 0 Å². The second-order valence-corrected chi connectivity index (χ2v) is 6.72. The van der Waals surface area contributed by atoms with Crippen LogP contribution in [-0.4, -0.2) is 0 Å². The van der Waals surface area contributed by atoms with E-state index in [0.717, 1.165) is 9.31 Å². The third-order valence-corrected chi connectivity index (χ3v) is 3.59. The van der Waals surface area contributed by atoms with E-state index in [-0.39, 0.29) is 0 Å². The molecule has 0 bridgehead atoms. The smallest absolute Gasteiger partial charge is 0.0638 e. The van der Waals surface area contributed by atoms with Gasteiger partial charge in [0.2, 0.25) is 0 Å². The highest BCUT2D eigenvalue weighted by Gasteiger charge is 2.19. The zero-order valence-corrected chi connectivity index (χ0v) is 11.6. The van der Waals surface area contributed by atoms with Crippen LogP contribution in [0, 0.1) is 5.92 Å². The Balaban J connectivity index is 3.00. The fourth-order valence-electron chi connectivity index (χ4n) is 1.86. The van der Waals surface area contributed by atoms with Crippen LogP contribution in [-0.2, 0) is 0 Å². The minimum Gasteiger partial charge on any atom is -0.0729 e. The van der Waals surface area contributed by atoms with Gasteiger partial charge in [-0.3, -0.25) is 0 Å². The number of hydrogen-bond donors (Lipinski definition) is 0. The lowest BCUT2D eigenvalue weighted by Crippen LogP contribution is -2.08. The van der Waals surface area contributed by atoms with Crippen LogP contribution in [0.1, 0.15) is 40.0 Å². The van der Waals surface area contributed by atoms with Crippen LogP contribution in [0.5, 0.6) is 0 Å². The summed E-state index contributed by atoms with van der Waals surface area (Å²) in [4.78, 5) is 0. The maximum atomic E-state index is 3.53. The van der Waals surface area contributed by atoms with Gasteiger partial charge < -0.3 is 0 Å². The molecule has 0 aliphatic heterocycles. The molecule has 0 aromatic rings. The summed E-state index contributed by atoms with van der Waals surface area (Å²) >= 11 is 7.07. The molecule has 0 radical (unpaired) electrons. The molecule has 0 amide bonds. The average Bonchev–Trinajstić information content (AvgIpc) is 2.03. The molecule has 0 N–H and O–H groups in total. The Labute approximate surface area is 97.7 Å². The molecule has 0 saturated heterocycles. The third-order valence-electron chi connectivity index (χ3n) is 2.64. The van der Waals surface area contributed by atoms with Crippen LogP contribution < -0.4 is 0 Å². The summed E-state index contributed by atoms with van der Waals surface area (Å²) in [6.45, 7) is 6.73. The predicted molar refractivity (Wildman–Crippen MR) is 66.3 cm³/mol. The number of hydrogen-bond acceptors (Lipinski definition) is 0. The molecule has 0 aromatic carbocycles. The van der Waals surface area contributed by atoms with Crippen LogP contribution in [0.3, 0.4) is 0 Å². The summed E-state index contributed by atoms with van der Waals surface area (Å²) in [5.41, 5.74) is 4.47. The largest absolute Gasteiger partial charge is 0.0729 e. The van der Waals surface area contributed by atoms with Crippen molar-refractivity contribution in [2.24, 2.45) is 5.92 Å². The van der Waals surface area contributed by atoms with Gasteiger partial charge in [-0.05, 0) is 82.0 Å². The van der Waals surface area contributed by atoms with E-state index in [9.17, 15) is 0 Å². The summed E-state index contributed by atoms with van der Waals surface area (Å²) in [5, 5.41) is 0. The Kier molecular flexibility index (Phi) is 4.24. The first kappa shape index (κ1) is 11.5. The maximum Gasteiger partial charge on any atom is 0.0638 e. The average molecular weight is 308 g/mol. The van der Waals surface area contributed by atoms with Crippen LogP contribution in [0.2, 0.25) is 0 Å². The molecule has 1 rings (SSSR count). The fraction of sp³-hybridized carbons (Fsp3) is 0.636. The molecule has 0 spiro atoms. The van der Waals surface area contributed by atoms with Crippen molar-refractivity contribution in [2.45, 2.75) is 40.0 Å². The Morgan fingerprint density at radius 1 is 1.23 bits per heavy atom. The standard InChI is InChI=1S/C11H16Br2/c1-7(2)9-5-4-8(3)6-10(9)11(12)13/h8H,4-6H2,1-3H3. The van der Waals surface area contributed by atoms with Crippen LogP contribution >= 0.6 is 31.9 Å². The number of rotatable bonds is 0. The van der Waals surface area contributed by atoms with Gasteiger partial charge in [0.05, 0.1) is 3.39 Å². The summed E-state index contributed by atoms with van der Waals surface area (Å²) in [7, 11) is 0. The summed E-state index contributed by atoms with van der Waals surface area (Å²) in [6, 6.07) is 0. The second-order valence-electron chi connectivity index (χ2n) is 4.07. The van der Waals surface area contributed by atoms with Crippen molar-refractivity contribution in [1.82, 2.24) is 0 Å². The Morgan fingerprint density at radius 2 is 1.85 bits per heavy atom. The van der Waals surface area contributed by atoms with E-state index in [1.165, 1.54) is 30.4 Å². The van der Waals surface area contributed by atoms with Gasteiger partial charge >= 0.3 is 0 Å². The van der Waals surface area contributed by atoms with E-state index < -0.39 is 0 Å². The van der Waals surface area contributed by atoms with Crippen molar-refractivity contribution in [3.05, 3.63) is 20.1 Å². The predicted octanol–water partition coefficient (Wildman–Crippen LogP) is 5.14. The third kappa shape index (κ3) is 2.95. The van der Waals surface area contributed by atoms with E-state index in [2.05, 4.69) is 52.6 Å². The van der Waals surface area contributed by atoms with Crippen molar-refractivity contribution >= 4 is 31.9 Å². The van der Waals surface area contributed by atoms with Crippen molar-refractivity contribution in [2.75, 3.05) is 0 Å². The van der Waals surface area contributed by atoms with E-state index in [0.29, 0.717) is 0 Å². The van der Waals surface area contributed by atoms with Gasteiger partial charge in [-0.2, -0.15) is 0 Å². The molecule has 0 heterocycles. The topological polar surface area (TPSA) is 0 Å². The van der Waals surface area contributed by atoms with Crippen molar-refractivity contribution in [3.63, 3.8) is 0 Å². The highest BCUT2D eigenvalue weighted by molar-refractivity contribution is 9.28. The molecule has 1 aliphatic carbocycles. The first-order valence-electron chi connectivity index (χ1n) is 4.73. The summed E-state index contributed by atoms with van der Waals surface area (Å²) in [6.07, 6.45) is 3.77. The molecular weight excluding hydrogens is 292 g/mol. The van der Waals surface area contributed by atoms with E-state index in [1.807, 2.05) is 0 Å². The molecule has 0 nitrogen and oxygen atoms in total. The first-order valence-corrected chi connectivity index (χ1v) is 6.31. The van der Waals surface area contributed by atoms with Gasteiger partial charge in [0.1, 0.15) is 0 Å². The molecule has 1 unspecified atom stereocenters. The highest BCUT2D eigenvalue weighted by atomic mass is 79.9. The fourth-order valence-corrected chi connectivity index (χ4v) is 2.66. The van der Waals surface area contributed by atoms with Gasteiger partial charge in [-0.25, -0.2) is 0 Å². The molecule has 13 heavy (non-hydrogen) atoms. The Morgan fingerprint density at radius 3 is 2.31 bits per heavy atom. The zero-order valence-electron chi connectivity index (χ0n) is 8.45. The first-order chi connectivity index (χ1) is 6.02. The monoisotopic (exact) mass is 306 g/mol. The summed E-state index contributed by atoms with van der Waals surface area (Å²) < 4.78 is 1.14. The Hall–Kier alpha value is 0.440. The van der Waals surface area contributed by atoms with Gasteiger partial charge in [0, 0.05) is 0 Å². The molecule has 1 saturated carbocycles. The zero-order chi connectivity index (χ0) is 10.0. The lowest BCUT2D eigenvalue weighted by molar-refractivity contribution is 0.496. The minimum absolute atomic E-state index is 0.822. The molecule has 74 valence electrons. The van der Waals surface area contributed by atoms with Crippen LogP contribution in [0.4, 0.5) is 0 Å². The maximum absolute atomic E-state index is 3.53. The molecular formula is C11H16Br2. The quantitative estimate of drug-likeness (QED) is 0.581. The van der Waals surface area contributed by atoms with Gasteiger partial charge in [-0.1, -0.05) is 12.5 Å². The lowest BCUT2D eigenvalue weighted by atomic mass is 9.82. The molecule has 0 aromatic heterocycles. The van der Waals surface area contributed by atoms with E-state index in [1.54, 1.807) is 5.57 Å². The highest BCUT2D eigenvalue weighted by Crippen LogP contribution is 2.39. The molecule has 1 aliphatic rings. The summed E-state index contributed by atoms with van der Waals surface area (Å²) in [5.74, 6) is 0.822. The normalized spacial score (nSPS) is 23.3. The van der Waals surface area contributed by atoms with Gasteiger partial charge in [-0.15, -0.1) is 0 Å². The number of allylic oxidation sites excluding steroid dienone is 3. The van der Waals surface area contributed by atoms with Gasteiger partial charge in [0.25, 0.3) is 0 Å².